The molecule has 0 aliphatic heterocycles. The predicted octanol–water partition coefficient (Wildman–Crippen LogP) is 6.00. The van der Waals surface area contributed by atoms with Crippen molar-refractivity contribution in [2.75, 3.05) is 13.7 Å². The van der Waals surface area contributed by atoms with E-state index in [1.165, 1.54) is 0 Å². The molecule has 2 aromatic heterocycles. The molecule has 0 N–H and O–H groups in total. The van der Waals surface area contributed by atoms with E-state index in [4.69, 9.17) is 20.8 Å². The van der Waals surface area contributed by atoms with E-state index in [2.05, 4.69) is 20.0 Å². The van der Waals surface area contributed by atoms with E-state index in [1.54, 1.807) is 48.7 Å². The standard InChI is InChI=1S/C31H27N5O4/c1-32-29-20-27-28(21-31(29)39-17-3-16-36-34-14-15-35-36)33-13-12-30(27)40-26-10-6-23(7-11-26)19-24(37)18-22-4-8-25(38-2)9-5-22/h4-15,20-21H,3,16-19H2,2H3. The van der Waals surface area contributed by atoms with Crippen LogP contribution >= 0.6 is 0 Å². The Balaban J connectivity index is 1.22. The molecule has 40 heavy (non-hydrogen) atoms. The molecule has 0 amide bonds. The molecule has 9 heteroatoms. The van der Waals surface area contributed by atoms with E-state index < -0.39 is 0 Å². The fourth-order valence-corrected chi connectivity index (χ4v) is 4.24. The number of rotatable bonds is 12. The van der Waals surface area contributed by atoms with Crippen LogP contribution in [0.3, 0.4) is 0 Å². The SMILES string of the molecule is [C-]#[N+]c1cc2c(Oc3ccc(CC(=O)Cc4ccc(OC)cc4)cc3)ccnc2cc1OCCCn1nccn1. The van der Waals surface area contributed by atoms with Crippen molar-refractivity contribution in [3.63, 3.8) is 0 Å². The maximum Gasteiger partial charge on any atom is 0.229 e. The normalized spacial score (nSPS) is 10.7. The third-order valence-electron chi connectivity index (χ3n) is 6.24. The molecule has 0 aliphatic rings. The number of ketones is 1. The summed E-state index contributed by atoms with van der Waals surface area (Å²) in [5.41, 5.74) is 2.91. The average molecular weight is 534 g/mol. The van der Waals surface area contributed by atoms with Gasteiger partial charge in [-0.1, -0.05) is 24.3 Å². The quantitative estimate of drug-likeness (QED) is 0.143. The van der Waals surface area contributed by atoms with Crippen molar-refractivity contribution in [3.05, 3.63) is 108 Å². The Morgan fingerprint density at radius 2 is 1.55 bits per heavy atom. The minimum absolute atomic E-state index is 0.127. The molecule has 0 saturated carbocycles. The third-order valence-corrected chi connectivity index (χ3v) is 6.24. The van der Waals surface area contributed by atoms with Crippen LogP contribution in [0.4, 0.5) is 5.69 Å². The Morgan fingerprint density at radius 1 is 0.875 bits per heavy atom. The summed E-state index contributed by atoms with van der Waals surface area (Å²) in [5.74, 6) is 2.57. The van der Waals surface area contributed by atoms with Crippen molar-refractivity contribution in [3.8, 4) is 23.0 Å². The summed E-state index contributed by atoms with van der Waals surface area (Å²) in [4.78, 5) is 22.3. The molecular formula is C31H27N5O4. The van der Waals surface area contributed by atoms with Gasteiger partial charge in [0.25, 0.3) is 0 Å². The van der Waals surface area contributed by atoms with Crippen molar-refractivity contribution < 1.29 is 19.0 Å². The van der Waals surface area contributed by atoms with Crippen LogP contribution in [-0.2, 0) is 24.2 Å². The summed E-state index contributed by atoms with van der Waals surface area (Å²) < 4.78 is 17.2. The predicted molar refractivity (Wildman–Crippen MR) is 150 cm³/mol. The van der Waals surface area contributed by atoms with E-state index in [1.807, 2.05) is 48.5 Å². The summed E-state index contributed by atoms with van der Waals surface area (Å²) in [6.07, 6.45) is 6.32. The summed E-state index contributed by atoms with van der Waals surface area (Å²) in [5, 5.41) is 8.86. The fraction of sp³-hybridized carbons (Fsp3) is 0.194. The van der Waals surface area contributed by atoms with Crippen LogP contribution in [-0.4, -0.2) is 39.5 Å². The summed E-state index contributed by atoms with van der Waals surface area (Å²) in [7, 11) is 1.62. The van der Waals surface area contributed by atoms with E-state index in [9.17, 15) is 4.79 Å². The van der Waals surface area contributed by atoms with Gasteiger partial charge in [-0.2, -0.15) is 15.0 Å². The molecule has 200 valence electrons. The highest BCUT2D eigenvalue weighted by molar-refractivity contribution is 5.91. The zero-order chi connectivity index (χ0) is 27.7. The number of benzene rings is 3. The number of Topliss-reactive ketones (excluding diaryl/α,β-unsaturated/α-hetero) is 1. The molecule has 3 aromatic carbocycles. The molecule has 0 unspecified atom stereocenters. The number of fused-ring (bicyclic) bond motifs is 1. The number of methoxy groups -OCH3 is 1. The van der Waals surface area contributed by atoms with Gasteiger partial charge in [-0.3, -0.25) is 9.78 Å². The average Bonchev–Trinajstić information content (AvgIpc) is 3.50. The molecule has 0 radical (unpaired) electrons. The van der Waals surface area contributed by atoms with Crippen LogP contribution in [0.15, 0.2) is 85.3 Å². The van der Waals surface area contributed by atoms with Crippen molar-refractivity contribution >= 4 is 22.4 Å². The first-order valence-electron chi connectivity index (χ1n) is 12.8. The molecular weight excluding hydrogens is 506 g/mol. The minimum atomic E-state index is 0.127. The zero-order valence-electron chi connectivity index (χ0n) is 22.0. The topological polar surface area (TPSA) is 92.7 Å². The number of pyridine rings is 1. The third kappa shape index (κ3) is 6.60. The number of aryl methyl sites for hydroxylation is 1. The Kier molecular flexibility index (Phi) is 8.27. The lowest BCUT2D eigenvalue weighted by Crippen LogP contribution is -2.07. The zero-order valence-corrected chi connectivity index (χ0v) is 22.0. The van der Waals surface area contributed by atoms with Crippen LogP contribution in [0.1, 0.15) is 17.5 Å². The lowest BCUT2D eigenvalue weighted by Gasteiger charge is -2.12. The van der Waals surface area contributed by atoms with Crippen LogP contribution < -0.4 is 14.2 Å². The highest BCUT2D eigenvalue weighted by Gasteiger charge is 2.12. The highest BCUT2D eigenvalue weighted by Crippen LogP contribution is 2.37. The van der Waals surface area contributed by atoms with Gasteiger partial charge in [0.15, 0.2) is 0 Å². The number of hydrogen-bond donors (Lipinski definition) is 0. The van der Waals surface area contributed by atoms with Crippen molar-refractivity contribution in [2.24, 2.45) is 0 Å². The van der Waals surface area contributed by atoms with E-state index in [0.717, 1.165) is 16.9 Å². The van der Waals surface area contributed by atoms with Gasteiger partial charge in [-0.05, 0) is 53.6 Å². The Labute approximate surface area is 231 Å². The lowest BCUT2D eigenvalue weighted by molar-refractivity contribution is -0.117. The molecule has 0 atom stereocenters. The summed E-state index contributed by atoms with van der Waals surface area (Å²) in [6, 6.07) is 20.2. The van der Waals surface area contributed by atoms with E-state index in [-0.39, 0.29) is 5.78 Å². The molecule has 0 saturated heterocycles. The van der Waals surface area contributed by atoms with Gasteiger partial charge in [-0.25, -0.2) is 4.85 Å². The van der Waals surface area contributed by atoms with Gasteiger partial charge in [0.1, 0.15) is 28.8 Å². The first-order chi connectivity index (χ1) is 19.6. The highest BCUT2D eigenvalue weighted by atomic mass is 16.5. The second-order valence-electron chi connectivity index (χ2n) is 9.07. The van der Waals surface area contributed by atoms with Crippen LogP contribution in [0.2, 0.25) is 0 Å². The molecule has 0 spiro atoms. The monoisotopic (exact) mass is 533 g/mol. The number of ether oxygens (including phenoxy) is 3. The smallest absolute Gasteiger partial charge is 0.229 e. The molecule has 0 aliphatic carbocycles. The lowest BCUT2D eigenvalue weighted by atomic mass is 10.0. The Hall–Kier alpha value is -5.23. The second kappa shape index (κ2) is 12.5. The molecule has 0 fully saturated rings. The number of carbonyl (C=O) groups is 1. The number of carbonyl (C=O) groups excluding carboxylic acids is 1. The van der Waals surface area contributed by atoms with Crippen LogP contribution in [0, 0.1) is 6.57 Å². The van der Waals surface area contributed by atoms with Gasteiger partial charge in [0, 0.05) is 30.8 Å². The summed E-state index contributed by atoms with van der Waals surface area (Å²) in [6.45, 7) is 8.68. The van der Waals surface area contributed by atoms with Gasteiger partial charge in [-0.15, -0.1) is 0 Å². The maximum atomic E-state index is 12.6. The van der Waals surface area contributed by atoms with E-state index in [0.29, 0.717) is 66.3 Å². The molecule has 2 heterocycles. The minimum Gasteiger partial charge on any atom is -0.504 e. The Morgan fingerprint density at radius 3 is 2.20 bits per heavy atom. The molecule has 0 bridgehead atoms. The molecule has 5 rings (SSSR count). The van der Waals surface area contributed by atoms with E-state index >= 15 is 0 Å². The number of aromatic nitrogens is 4. The van der Waals surface area contributed by atoms with Gasteiger partial charge >= 0.3 is 0 Å². The largest absolute Gasteiger partial charge is 0.504 e. The van der Waals surface area contributed by atoms with Crippen LogP contribution in [0.5, 0.6) is 23.0 Å². The summed E-state index contributed by atoms with van der Waals surface area (Å²) >= 11 is 0. The van der Waals surface area contributed by atoms with Crippen molar-refractivity contribution in [1.29, 1.82) is 0 Å². The number of nitrogens with zero attached hydrogens (tertiary/aromatic N) is 5. The molecule has 9 nitrogen and oxygen atoms in total. The molecule has 5 aromatic rings. The second-order valence-corrected chi connectivity index (χ2v) is 9.07. The fourth-order valence-electron chi connectivity index (χ4n) is 4.24. The van der Waals surface area contributed by atoms with Gasteiger partial charge in [0.2, 0.25) is 5.69 Å². The van der Waals surface area contributed by atoms with Crippen molar-refractivity contribution in [1.82, 2.24) is 20.0 Å². The first kappa shape index (κ1) is 26.4. The van der Waals surface area contributed by atoms with Gasteiger partial charge < -0.3 is 14.2 Å². The van der Waals surface area contributed by atoms with Gasteiger partial charge in [0.05, 0.1) is 44.7 Å². The first-order valence-corrected chi connectivity index (χ1v) is 12.8. The number of hydrogen-bond acceptors (Lipinski definition) is 7. The van der Waals surface area contributed by atoms with Crippen LogP contribution in [0.25, 0.3) is 15.7 Å². The Bertz CT molecular complexity index is 1630. The maximum absolute atomic E-state index is 12.6. The van der Waals surface area contributed by atoms with Crippen molar-refractivity contribution in [2.45, 2.75) is 25.8 Å².